The Hall–Kier alpha value is -0.763. The molecule has 4 rings (SSSR count). The maximum Gasteiger partial charge on any atom is 0.107 e. The summed E-state index contributed by atoms with van der Waals surface area (Å²) in [4.78, 5) is 2.77. The monoisotopic (exact) mass is 299 g/mol. The average molecular weight is 300 g/mol. The van der Waals surface area contributed by atoms with Gasteiger partial charge in [0.1, 0.15) is 8.07 Å². The molecule has 1 atom stereocenters. The van der Waals surface area contributed by atoms with E-state index in [0.29, 0.717) is 10.8 Å². The summed E-state index contributed by atoms with van der Waals surface area (Å²) >= 11 is 0. The maximum absolute atomic E-state index is 2.77. The highest BCUT2D eigenvalue weighted by atomic mass is 28.3. The molecule has 3 aliphatic heterocycles. The Morgan fingerprint density at radius 1 is 1.10 bits per heavy atom. The first-order valence-electron chi connectivity index (χ1n) is 8.60. The lowest BCUT2D eigenvalue weighted by Crippen LogP contribution is -2.54. The second kappa shape index (κ2) is 3.76. The fourth-order valence-corrected chi connectivity index (χ4v) is 10.3. The molecule has 0 saturated heterocycles. The average Bonchev–Trinajstić information content (AvgIpc) is 2.67. The molecular weight excluding hydrogens is 270 g/mol. The maximum atomic E-state index is 2.77. The fourth-order valence-electron chi connectivity index (χ4n) is 5.35. The first kappa shape index (κ1) is 13.9. The van der Waals surface area contributed by atoms with Crippen molar-refractivity contribution in [3.8, 4) is 0 Å². The first-order chi connectivity index (χ1) is 9.66. The molecule has 2 heteroatoms. The van der Waals surface area contributed by atoms with Gasteiger partial charge in [-0.3, -0.25) is 0 Å². The van der Waals surface area contributed by atoms with Crippen molar-refractivity contribution in [2.75, 3.05) is 17.6 Å². The molecule has 3 heterocycles. The van der Waals surface area contributed by atoms with Crippen LogP contribution in [0.4, 0.5) is 5.69 Å². The molecule has 1 aromatic rings. The van der Waals surface area contributed by atoms with E-state index in [1.54, 1.807) is 22.4 Å². The Bertz CT molecular complexity index is 643. The third-order valence-corrected chi connectivity index (χ3v) is 10.8. The first-order valence-corrected chi connectivity index (χ1v) is 11.5. The van der Waals surface area contributed by atoms with Crippen LogP contribution in [0.3, 0.4) is 0 Å². The Kier molecular flexibility index (Phi) is 2.48. The lowest BCUT2D eigenvalue weighted by Gasteiger charge is -2.42. The van der Waals surface area contributed by atoms with Gasteiger partial charge in [0.25, 0.3) is 0 Å². The molecule has 0 fully saturated rings. The summed E-state index contributed by atoms with van der Waals surface area (Å²) in [6, 6.07) is 4.04. The van der Waals surface area contributed by atoms with Gasteiger partial charge in [-0.25, -0.2) is 0 Å². The van der Waals surface area contributed by atoms with Crippen LogP contribution in [0.2, 0.25) is 12.6 Å². The van der Waals surface area contributed by atoms with Crippen molar-refractivity contribution in [1.82, 2.24) is 0 Å². The number of nitrogens with zero attached hydrogens (tertiary/aromatic N) is 1. The summed E-state index contributed by atoms with van der Waals surface area (Å²) in [6.45, 7) is 16.2. The molecule has 3 aliphatic rings. The number of benzene rings is 1. The number of anilines is 1. The molecule has 0 bridgehead atoms. The molecule has 114 valence electrons. The number of aryl methyl sites for hydroxylation is 1. The lowest BCUT2D eigenvalue weighted by atomic mass is 9.73. The van der Waals surface area contributed by atoms with E-state index < -0.39 is 8.07 Å². The Labute approximate surface area is 130 Å². The summed E-state index contributed by atoms with van der Waals surface area (Å²) < 4.78 is 0. The molecule has 0 spiro atoms. The SMILES string of the molecule is Cc1cc2c3c4c1C(C)(C)CC[Si]4(C)CN3CCC2(C)C. The van der Waals surface area contributed by atoms with Crippen LogP contribution in [0.25, 0.3) is 0 Å². The molecule has 1 aromatic carbocycles. The quantitative estimate of drug-likeness (QED) is 0.654. The molecule has 1 unspecified atom stereocenters. The van der Waals surface area contributed by atoms with Gasteiger partial charge in [-0.2, -0.15) is 0 Å². The van der Waals surface area contributed by atoms with Gasteiger partial charge in [0.2, 0.25) is 0 Å². The number of hydrogen-bond acceptors (Lipinski definition) is 1. The van der Waals surface area contributed by atoms with E-state index in [-0.39, 0.29) is 0 Å². The molecule has 0 aliphatic carbocycles. The molecular formula is C19H29NSi. The summed E-state index contributed by atoms with van der Waals surface area (Å²) in [7, 11) is -1.27. The van der Waals surface area contributed by atoms with Crippen LogP contribution in [0.15, 0.2) is 6.07 Å². The molecule has 0 amide bonds. The van der Waals surface area contributed by atoms with Gasteiger partial charge in [-0.15, -0.1) is 0 Å². The van der Waals surface area contributed by atoms with E-state index in [2.05, 4.69) is 52.1 Å². The van der Waals surface area contributed by atoms with Crippen LogP contribution in [0.1, 0.15) is 57.2 Å². The summed E-state index contributed by atoms with van der Waals surface area (Å²) in [5.74, 6) is 0. The zero-order valence-corrected chi connectivity index (χ0v) is 15.6. The summed E-state index contributed by atoms with van der Waals surface area (Å²) in [6.07, 6.45) is 4.09. The van der Waals surface area contributed by atoms with Gasteiger partial charge in [0.15, 0.2) is 0 Å². The topological polar surface area (TPSA) is 3.24 Å². The third-order valence-electron chi connectivity index (χ3n) is 6.67. The number of hydrogen-bond donors (Lipinski definition) is 0. The van der Waals surface area contributed by atoms with Gasteiger partial charge in [0, 0.05) is 18.4 Å². The predicted molar refractivity (Wildman–Crippen MR) is 94.7 cm³/mol. The molecule has 0 saturated carbocycles. The highest BCUT2D eigenvalue weighted by Crippen LogP contribution is 2.50. The zero-order chi connectivity index (χ0) is 15.2. The number of rotatable bonds is 0. The van der Waals surface area contributed by atoms with E-state index in [0.717, 1.165) is 0 Å². The van der Waals surface area contributed by atoms with Gasteiger partial charge in [-0.05, 0) is 52.5 Å². The van der Waals surface area contributed by atoms with Crippen LogP contribution < -0.4 is 10.1 Å². The predicted octanol–water partition coefficient (Wildman–Crippen LogP) is 4.00. The van der Waals surface area contributed by atoms with Crippen molar-refractivity contribution in [2.45, 2.75) is 70.9 Å². The van der Waals surface area contributed by atoms with E-state index in [1.807, 2.05) is 5.19 Å². The minimum Gasteiger partial charge on any atom is -0.374 e. The summed E-state index contributed by atoms with van der Waals surface area (Å²) in [5.41, 5.74) is 7.38. The van der Waals surface area contributed by atoms with Crippen molar-refractivity contribution < 1.29 is 0 Å². The minimum absolute atomic E-state index is 0.354. The highest BCUT2D eigenvalue weighted by molar-refractivity contribution is 6.94. The second-order valence-corrected chi connectivity index (χ2v) is 13.8. The second-order valence-electron chi connectivity index (χ2n) is 9.34. The van der Waals surface area contributed by atoms with Crippen LogP contribution in [-0.2, 0) is 10.8 Å². The van der Waals surface area contributed by atoms with Gasteiger partial charge < -0.3 is 4.90 Å². The van der Waals surface area contributed by atoms with Crippen molar-refractivity contribution in [2.24, 2.45) is 0 Å². The minimum atomic E-state index is -1.27. The highest BCUT2D eigenvalue weighted by Gasteiger charge is 2.52. The van der Waals surface area contributed by atoms with Gasteiger partial charge >= 0.3 is 0 Å². The smallest absolute Gasteiger partial charge is 0.107 e. The Morgan fingerprint density at radius 3 is 2.52 bits per heavy atom. The van der Waals surface area contributed by atoms with Crippen LogP contribution in [0, 0.1) is 6.92 Å². The van der Waals surface area contributed by atoms with E-state index >= 15 is 0 Å². The van der Waals surface area contributed by atoms with Gasteiger partial charge in [-0.1, -0.05) is 46.4 Å². The normalized spacial score (nSPS) is 31.2. The van der Waals surface area contributed by atoms with Crippen molar-refractivity contribution in [3.05, 3.63) is 22.8 Å². The van der Waals surface area contributed by atoms with Crippen molar-refractivity contribution in [3.63, 3.8) is 0 Å². The summed E-state index contributed by atoms with van der Waals surface area (Å²) in [5, 5.41) is 1.86. The molecule has 21 heavy (non-hydrogen) atoms. The standard InChI is InChI=1S/C19H29NSi/c1-13-11-14-16-17-15(13)19(4,5)8-10-21(17,6)12-20(16)9-7-18(14,2)3/h11H,7-10,12H2,1-6H3. The fraction of sp³-hybridized carbons (Fsp3) is 0.684. The van der Waals surface area contributed by atoms with E-state index in [4.69, 9.17) is 0 Å². The van der Waals surface area contributed by atoms with E-state index in [1.165, 1.54) is 31.6 Å². The van der Waals surface area contributed by atoms with Crippen LogP contribution >= 0.6 is 0 Å². The van der Waals surface area contributed by atoms with Crippen LogP contribution in [-0.4, -0.2) is 20.8 Å². The molecule has 1 nitrogen and oxygen atoms in total. The Balaban J connectivity index is 2.11. The van der Waals surface area contributed by atoms with E-state index in [9.17, 15) is 0 Å². The Morgan fingerprint density at radius 2 is 1.81 bits per heavy atom. The molecule has 0 aromatic heterocycles. The van der Waals surface area contributed by atoms with Crippen molar-refractivity contribution >= 4 is 18.9 Å². The zero-order valence-electron chi connectivity index (χ0n) is 14.6. The largest absolute Gasteiger partial charge is 0.374 e. The molecule has 0 radical (unpaired) electrons. The molecule has 0 N–H and O–H groups in total. The van der Waals surface area contributed by atoms with Crippen molar-refractivity contribution in [1.29, 1.82) is 0 Å². The van der Waals surface area contributed by atoms with Gasteiger partial charge in [0.05, 0.1) is 0 Å². The van der Waals surface area contributed by atoms with Crippen LogP contribution in [0.5, 0.6) is 0 Å². The lowest BCUT2D eigenvalue weighted by molar-refractivity contribution is 0.460. The third kappa shape index (κ3) is 1.63.